The number of rotatable bonds is 1. The van der Waals surface area contributed by atoms with Crippen LogP contribution < -0.4 is 5.32 Å². The number of nitrogens with zero attached hydrogens (tertiary/aromatic N) is 2. The molecule has 0 radical (unpaired) electrons. The summed E-state index contributed by atoms with van der Waals surface area (Å²) >= 11 is 0. The molecule has 0 aromatic carbocycles. The number of hydrogen-bond donors (Lipinski definition) is 1. The Bertz CT molecular complexity index is 451. The Labute approximate surface area is 87.2 Å². The summed E-state index contributed by atoms with van der Waals surface area (Å²) in [6.07, 6.45) is 4.87. The quantitative estimate of drug-likeness (QED) is 0.712. The number of aromatic nitrogens is 2. The Morgan fingerprint density at radius 2 is 2.33 bits per heavy atom. The van der Waals surface area contributed by atoms with Crippen LogP contribution >= 0.6 is 0 Å². The number of carbonyl (C=O) groups is 1. The van der Waals surface area contributed by atoms with Crippen molar-refractivity contribution in [2.75, 3.05) is 11.5 Å². The average Bonchev–Trinajstić information content (AvgIpc) is 2.74. The normalized spacial score (nSPS) is 23.9. The molecule has 1 saturated heterocycles. The van der Waals surface area contributed by atoms with Crippen molar-refractivity contribution < 1.29 is 13.2 Å². The molecule has 1 aliphatic rings. The lowest BCUT2D eigenvalue weighted by atomic mass is 10.3. The summed E-state index contributed by atoms with van der Waals surface area (Å²) in [5, 5.41) is 2.64. The molecule has 1 atom stereocenters. The van der Waals surface area contributed by atoms with E-state index in [1.54, 1.807) is 0 Å². The van der Waals surface area contributed by atoms with Crippen LogP contribution in [-0.2, 0) is 9.84 Å². The molecule has 2 rings (SSSR count). The fraction of sp³-hybridized carbons (Fsp3) is 0.500. The lowest BCUT2D eigenvalue weighted by Gasteiger charge is -2.10. The maximum absolute atomic E-state index is 11.5. The predicted octanol–water partition coefficient (Wildman–Crippen LogP) is -0.372. The zero-order valence-electron chi connectivity index (χ0n) is 7.96. The lowest BCUT2D eigenvalue weighted by molar-refractivity contribution is 0.239. The molecule has 7 heteroatoms. The lowest BCUT2D eigenvalue weighted by Crippen LogP contribution is -2.37. The van der Waals surface area contributed by atoms with Gasteiger partial charge in [-0.05, 0) is 6.42 Å². The van der Waals surface area contributed by atoms with E-state index in [0.717, 1.165) is 0 Å². The third-order valence-corrected chi connectivity index (χ3v) is 4.07. The Kier molecular flexibility index (Phi) is 2.47. The van der Waals surface area contributed by atoms with Crippen LogP contribution in [-0.4, -0.2) is 41.5 Å². The minimum atomic E-state index is -2.95. The highest BCUT2D eigenvalue weighted by atomic mass is 32.2. The smallest absolute Gasteiger partial charge is 0.327 e. The Morgan fingerprint density at radius 3 is 2.87 bits per heavy atom. The van der Waals surface area contributed by atoms with Gasteiger partial charge in [0.05, 0.1) is 11.5 Å². The summed E-state index contributed by atoms with van der Waals surface area (Å²) in [5.74, 6) is 0.190. The predicted molar refractivity (Wildman–Crippen MR) is 53.2 cm³/mol. The number of nitrogens with one attached hydrogen (secondary N) is 1. The maximum Gasteiger partial charge on any atom is 0.327 e. The van der Waals surface area contributed by atoms with Gasteiger partial charge in [0.2, 0.25) is 0 Å². The van der Waals surface area contributed by atoms with Gasteiger partial charge >= 0.3 is 6.03 Å². The fourth-order valence-electron chi connectivity index (χ4n) is 1.54. The molecule has 1 aromatic rings. The first-order valence-corrected chi connectivity index (χ1v) is 6.38. The van der Waals surface area contributed by atoms with Crippen LogP contribution in [0.4, 0.5) is 4.79 Å². The van der Waals surface area contributed by atoms with Crippen molar-refractivity contribution in [3.63, 3.8) is 0 Å². The van der Waals surface area contributed by atoms with Gasteiger partial charge in [-0.25, -0.2) is 18.2 Å². The summed E-state index contributed by atoms with van der Waals surface area (Å²) in [4.78, 5) is 15.2. The van der Waals surface area contributed by atoms with Crippen molar-refractivity contribution in [1.29, 1.82) is 0 Å². The third-order valence-electron chi connectivity index (χ3n) is 2.30. The molecule has 1 amide bonds. The highest BCUT2D eigenvalue weighted by molar-refractivity contribution is 7.91. The second kappa shape index (κ2) is 3.65. The van der Waals surface area contributed by atoms with Crippen LogP contribution in [0.1, 0.15) is 6.42 Å². The Morgan fingerprint density at radius 1 is 1.53 bits per heavy atom. The van der Waals surface area contributed by atoms with Crippen LogP contribution in [0.3, 0.4) is 0 Å². The highest BCUT2D eigenvalue weighted by Crippen LogP contribution is 2.11. The van der Waals surface area contributed by atoms with Crippen molar-refractivity contribution in [2.45, 2.75) is 12.5 Å². The van der Waals surface area contributed by atoms with Crippen LogP contribution in [0.2, 0.25) is 0 Å². The fourth-order valence-corrected chi connectivity index (χ4v) is 3.21. The molecule has 1 N–H and O–H groups in total. The SMILES string of the molecule is O=C(N[C@@H]1CCS(=O)(=O)C1)n1ccnc1. The monoisotopic (exact) mass is 229 g/mol. The summed E-state index contributed by atoms with van der Waals surface area (Å²) < 4.78 is 23.6. The standard InChI is InChI=1S/C8H11N3O3S/c12-8(11-3-2-9-6-11)10-7-1-4-15(13,14)5-7/h2-3,6-7H,1,4-5H2,(H,10,12)/t7-/m1/s1. The van der Waals surface area contributed by atoms with Crippen LogP contribution in [0, 0.1) is 0 Å². The van der Waals surface area contributed by atoms with Crippen LogP contribution in [0.5, 0.6) is 0 Å². The molecule has 15 heavy (non-hydrogen) atoms. The molecule has 0 saturated carbocycles. The summed E-state index contributed by atoms with van der Waals surface area (Å²) in [5.41, 5.74) is 0. The van der Waals surface area contributed by atoms with Gasteiger partial charge in [0.25, 0.3) is 0 Å². The molecule has 82 valence electrons. The van der Waals surface area contributed by atoms with Crippen LogP contribution in [0.15, 0.2) is 18.7 Å². The number of imidazole rings is 1. The summed E-state index contributed by atoms with van der Waals surface area (Å²) in [6, 6.07) is -0.612. The van der Waals surface area contributed by atoms with E-state index in [1.165, 1.54) is 23.3 Å². The minimum absolute atomic E-state index is 0.0352. The zero-order chi connectivity index (χ0) is 10.9. The molecule has 1 fully saturated rings. The molecule has 0 unspecified atom stereocenters. The summed E-state index contributed by atoms with van der Waals surface area (Å²) in [6.45, 7) is 0. The largest absolute Gasteiger partial charge is 0.334 e. The van der Waals surface area contributed by atoms with E-state index in [9.17, 15) is 13.2 Å². The number of amides is 1. The molecular formula is C8H11N3O3S. The van der Waals surface area contributed by atoms with Crippen LogP contribution in [0.25, 0.3) is 0 Å². The average molecular weight is 229 g/mol. The highest BCUT2D eigenvalue weighted by Gasteiger charge is 2.29. The number of sulfone groups is 1. The van der Waals surface area contributed by atoms with E-state index in [2.05, 4.69) is 10.3 Å². The molecule has 2 heterocycles. The molecule has 0 aliphatic carbocycles. The van der Waals surface area contributed by atoms with Gasteiger partial charge in [0, 0.05) is 18.4 Å². The summed E-state index contributed by atoms with van der Waals surface area (Å²) in [7, 11) is -2.95. The van der Waals surface area contributed by atoms with Gasteiger partial charge in [-0.3, -0.25) is 4.57 Å². The first-order chi connectivity index (χ1) is 7.07. The second-order valence-corrected chi connectivity index (χ2v) is 5.75. The molecule has 1 aromatic heterocycles. The van der Waals surface area contributed by atoms with E-state index in [0.29, 0.717) is 6.42 Å². The minimum Gasteiger partial charge on any atom is -0.334 e. The van der Waals surface area contributed by atoms with E-state index in [4.69, 9.17) is 0 Å². The van der Waals surface area contributed by atoms with Gasteiger partial charge in [-0.1, -0.05) is 0 Å². The van der Waals surface area contributed by atoms with E-state index < -0.39 is 9.84 Å². The van der Waals surface area contributed by atoms with Gasteiger partial charge < -0.3 is 5.32 Å². The Balaban J connectivity index is 1.97. The maximum atomic E-state index is 11.5. The van der Waals surface area contributed by atoms with Crippen molar-refractivity contribution in [3.05, 3.63) is 18.7 Å². The molecule has 0 spiro atoms. The molecule has 0 bridgehead atoms. The van der Waals surface area contributed by atoms with Crippen molar-refractivity contribution in [1.82, 2.24) is 14.9 Å². The van der Waals surface area contributed by atoms with Crippen molar-refractivity contribution in [3.8, 4) is 0 Å². The van der Waals surface area contributed by atoms with E-state index in [-0.39, 0.29) is 23.6 Å². The van der Waals surface area contributed by atoms with Gasteiger partial charge in [0.15, 0.2) is 9.84 Å². The number of carbonyl (C=O) groups excluding carboxylic acids is 1. The van der Waals surface area contributed by atoms with Gasteiger partial charge in [-0.15, -0.1) is 0 Å². The topological polar surface area (TPSA) is 81.1 Å². The first kappa shape index (κ1) is 10.2. The molecule has 1 aliphatic heterocycles. The van der Waals surface area contributed by atoms with Gasteiger partial charge in [0.1, 0.15) is 6.33 Å². The van der Waals surface area contributed by atoms with Crippen molar-refractivity contribution >= 4 is 15.9 Å². The van der Waals surface area contributed by atoms with E-state index >= 15 is 0 Å². The third kappa shape index (κ3) is 2.35. The van der Waals surface area contributed by atoms with E-state index in [1.807, 2.05) is 0 Å². The van der Waals surface area contributed by atoms with Gasteiger partial charge in [-0.2, -0.15) is 0 Å². The zero-order valence-corrected chi connectivity index (χ0v) is 8.77. The van der Waals surface area contributed by atoms with Crippen molar-refractivity contribution in [2.24, 2.45) is 0 Å². The molecule has 6 nitrogen and oxygen atoms in total. The second-order valence-electron chi connectivity index (χ2n) is 3.52. The Hall–Kier alpha value is -1.37. The number of hydrogen-bond acceptors (Lipinski definition) is 4. The first-order valence-electron chi connectivity index (χ1n) is 4.56. The molecular weight excluding hydrogens is 218 g/mol.